The smallest absolute Gasteiger partial charge is 0.281 e. The average molecular weight is 400 g/mol. The van der Waals surface area contributed by atoms with Gasteiger partial charge in [0.1, 0.15) is 10.1 Å². The summed E-state index contributed by atoms with van der Waals surface area (Å²) in [6.07, 6.45) is 3.92. The van der Waals surface area contributed by atoms with Crippen LogP contribution in [0.3, 0.4) is 0 Å². The molecule has 4 nitrogen and oxygen atoms in total. The van der Waals surface area contributed by atoms with Crippen LogP contribution in [0.4, 0.5) is 0 Å². The molecule has 1 aromatic heterocycles. The molecule has 0 aliphatic carbocycles. The van der Waals surface area contributed by atoms with Gasteiger partial charge in [-0.2, -0.15) is 4.98 Å². The number of nitrogens with zero attached hydrogens (tertiary/aromatic N) is 3. The van der Waals surface area contributed by atoms with Gasteiger partial charge in [0.25, 0.3) is 5.19 Å². The van der Waals surface area contributed by atoms with Gasteiger partial charge in [-0.05, 0) is 56.4 Å². The molecular weight excluding hydrogens is 377 g/mol. The van der Waals surface area contributed by atoms with E-state index in [9.17, 15) is 0 Å². The molecule has 0 radical (unpaired) electrons. The first-order valence-electron chi connectivity index (χ1n) is 8.20. The highest BCUT2D eigenvalue weighted by molar-refractivity contribution is 7.18. The number of aliphatic imine (C=N–C) groups is 1. The fraction of sp³-hybridized carbons (Fsp3) is 0.444. The second-order valence-corrected chi connectivity index (χ2v) is 7.81. The molecule has 1 heterocycles. The van der Waals surface area contributed by atoms with Crippen LogP contribution in [0.15, 0.2) is 17.1 Å². The maximum Gasteiger partial charge on any atom is 0.281 e. The number of thiazole rings is 1. The van der Waals surface area contributed by atoms with Gasteiger partial charge >= 0.3 is 0 Å². The lowest BCUT2D eigenvalue weighted by Gasteiger charge is -2.12. The van der Waals surface area contributed by atoms with Crippen molar-refractivity contribution in [1.29, 1.82) is 0 Å². The fourth-order valence-corrected chi connectivity index (χ4v) is 3.31. The van der Waals surface area contributed by atoms with Crippen molar-refractivity contribution in [2.75, 3.05) is 20.1 Å². The highest BCUT2D eigenvalue weighted by Crippen LogP contribution is 2.36. The van der Waals surface area contributed by atoms with E-state index in [0.717, 1.165) is 37.2 Å². The van der Waals surface area contributed by atoms with Gasteiger partial charge in [-0.15, -0.1) is 0 Å². The van der Waals surface area contributed by atoms with Gasteiger partial charge in [0, 0.05) is 20.1 Å². The molecule has 0 aliphatic rings. The Labute approximate surface area is 163 Å². The Kier molecular flexibility index (Phi) is 7.54. The van der Waals surface area contributed by atoms with Crippen molar-refractivity contribution < 1.29 is 4.74 Å². The van der Waals surface area contributed by atoms with Crippen LogP contribution in [0.25, 0.3) is 0 Å². The number of rotatable bonds is 8. The van der Waals surface area contributed by atoms with E-state index < -0.39 is 0 Å². The Morgan fingerprint density at radius 3 is 2.68 bits per heavy atom. The second-order valence-electron chi connectivity index (χ2n) is 5.89. The van der Waals surface area contributed by atoms with E-state index >= 15 is 0 Å². The number of benzene rings is 1. The number of hydrogen-bond donors (Lipinski definition) is 0. The first-order valence-corrected chi connectivity index (χ1v) is 9.78. The first kappa shape index (κ1) is 20.0. The molecule has 0 saturated heterocycles. The number of aryl methyl sites for hydroxylation is 3. The topological polar surface area (TPSA) is 37.7 Å². The molecule has 136 valence electrons. The van der Waals surface area contributed by atoms with E-state index in [0.29, 0.717) is 9.53 Å². The van der Waals surface area contributed by atoms with Gasteiger partial charge in [0.15, 0.2) is 5.15 Å². The Balaban J connectivity index is 1.98. The third kappa shape index (κ3) is 5.87. The SMILES string of the molecule is CCN(C)C=NCCCc1cc(C)c(Oc2nc(Cl)c(Cl)s2)cc1C. The van der Waals surface area contributed by atoms with E-state index in [2.05, 4.69) is 34.8 Å². The minimum absolute atomic E-state index is 0.280. The van der Waals surface area contributed by atoms with Crippen molar-refractivity contribution >= 4 is 40.9 Å². The Morgan fingerprint density at radius 1 is 1.28 bits per heavy atom. The number of aromatic nitrogens is 1. The number of ether oxygens (including phenoxy) is 1. The molecule has 0 aliphatic heterocycles. The van der Waals surface area contributed by atoms with E-state index in [1.54, 1.807) is 0 Å². The molecule has 0 amide bonds. The summed E-state index contributed by atoms with van der Waals surface area (Å²) in [7, 11) is 2.03. The summed E-state index contributed by atoms with van der Waals surface area (Å²) in [5, 5.41) is 0.738. The van der Waals surface area contributed by atoms with Crippen LogP contribution in [-0.4, -0.2) is 36.4 Å². The molecular formula is C18H23Cl2N3OS. The van der Waals surface area contributed by atoms with Crippen molar-refractivity contribution in [1.82, 2.24) is 9.88 Å². The molecule has 25 heavy (non-hydrogen) atoms. The molecule has 0 fully saturated rings. The molecule has 2 rings (SSSR count). The summed E-state index contributed by atoms with van der Waals surface area (Å²) in [4.78, 5) is 10.6. The molecule has 0 saturated carbocycles. The summed E-state index contributed by atoms with van der Waals surface area (Å²) in [6.45, 7) is 8.03. The van der Waals surface area contributed by atoms with Crippen molar-refractivity contribution in [2.24, 2.45) is 4.99 Å². The van der Waals surface area contributed by atoms with Crippen LogP contribution in [0.2, 0.25) is 9.49 Å². The van der Waals surface area contributed by atoms with Crippen LogP contribution in [0.1, 0.15) is 30.0 Å². The van der Waals surface area contributed by atoms with E-state index in [1.165, 1.54) is 22.5 Å². The largest absolute Gasteiger partial charge is 0.431 e. The Hall–Kier alpha value is -1.30. The Bertz CT molecular complexity index is 727. The van der Waals surface area contributed by atoms with Crippen molar-refractivity contribution in [2.45, 2.75) is 33.6 Å². The average Bonchev–Trinajstić information content (AvgIpc) is 2.88. The van der Waals surface area contributed by atoms with Crippen LogP contribution in [-0.2, 0) is 6.42 Å². The zero-order chi connectivity index (χ0) is 18.4. The van der Waals surface area contributed by atoms with Crippen LogP contribution in [0, 0.1) is 13.8 Å². The highest BCUT2D eigenvalue weighted by atomic mass is 35.5. The molecule has 0 bridgehead atoms. The third-order valence-electron chi connectivity index (χ3n) is 3.87. The minimum atomic E-state index is 0.280. The lowest BCUT2D eigenvalue weighted by molar-refractivity contribution is 0.474. The molecule has 0 spiro atoms. The van der Waals surface area contributed by atoms with Crippen molar-refractivity contribution in [3.63, 3.8) is 0 Å². The number of halogens is 2. The summed E-state index contributed by atoms with van der Waals surface area (Å²) >= 11 is 13.0. The van der Waals surface area contributed by atoms with E-state index in [1.807, 2.05) is 26.4 Å². The molecule has 2 aromatic rings. The van der Waals surface area contributed by atoms with Gasteiger partial charge < -0.3 is 9.64 Å². The van der Waals surface area contributed by atoms with E-state index in [4.69, 9.17) is 27.9 Å². The summed E-state index contributed by atoms with van der Waals surface area (Å²) in [5.74, 6) is 0.783. The Morgan fingerprint density at radius 2 is 2.04 bits per heavy atom. The lowest BCUT2D eigenvalue weighted by atomic mass is 10.0. The minimum Gasteiger partial charge on any atom is -0.431 e. The summed E-state index contributed by atoms with van der Waals surface area (Å²) in [5.41, 5.74) is 3.58. The molecule has 7 heteroatoms. The van der Waals surface area contributed by atoms with Crippen molar-refractivity contribution in [3.8, 4) is 10.9 Å². The normalized spacial score (nSPS) is 11.3. The standard InChI is InChI=1S/C18H23Cl2N3OS/c1-5-23(4)11-21-8-6-7-14-9-13(3)15(10-12(14)2)24-18-22-16(19)17(20)25-18/h9-11H,5-8H2,1-4H3. The lowest BCUT2D eigenvalue weighted by Crippen LogP contribution is -2.14. The maximum absolute atomic E-state index is 5.93. The van der Waals surface area contributed by atoms with Crippen LogP contribution in [0.5, 0.6) is 10.9 Å². The predicted molar refractivity (Wildman–Crippen MR) is 108 cm³/mol. The molecule has 0 atom stereocenters. The molecule has 1 aromatic carbocycles. The number of hydrogen-bond acceptors (Lipinski definition) is 4. The predicted octanol–water partition coefficient (Wildman–Crippen LogP) is 5.77. The highest BCUT2D eigenvalue weighted by Gasteiger charge is 2.12. The second kappa shape index (κ2) is 9.41. The van der Waals surface area contributed by atoms with Gasteiger partial charge in [-0.25, -0.2) is 0 Å². The first-order chi connectivity index (χ1) is 11.9. The van der Waals surface area contributed by atoms with Crippen molar-refractivity contribution in [3.05, 3.63) is 38.3 Å². The van der Waals surface area contributed by atoms with Gasteiger partial charge in [-0.1, -0.05) is 40.6 Å². The third-order valence-corrected chi connectivity index (χ3v) is 5.48. The zero-order valence-electron chi connectivity index (χ0n) is 15.0. The fourth-order valence-electron chi connectivity index (χ4n) is 2.27. The maximum atomic E-state index is 5.93. The van der Waals surface area contributed by atoms with Gasteiger partial charge in [0.05, 0.1) is 6.34 Å². The quantitative estimate of drug-likeness (QED) is 0.321. The van der Waals surface area contributed by atoms with Gasteiger partial charge in [-0.3, -0.25) is 4.99 Å². The van der Waals surface area contributed by atoms with Gasteiger partial charge in [0.2, 0.25) is 0 Å². The van der Waals surface area contributed by atoms with Crippen LogP contribution >= 0.6 is 34.5 Å². The summed E-state index contributed by atoms with van der Waals surface area (Å²) < 4.78 is 6.28. The molecule has 0 N–H and O–H groups in total. The zero-order valence-corrected chi connectivity index (χ0v) is 17.3. The monoisotopic (exact) mass is 399 g/mol. The molecule has 0 unspecified atom stereocenters. The van der Waals surface area contributed by atoms with Crippen LogP contribution < -0.4 is 4.74 Å². The van der Waals surface area contributed by atoms with E-state index in [-0.39, 0.29) is 5.15 Å². The summed E-state index contributed by atoms with van der Waals surface area (Å²) in [6, 6.07) is 4.21.